The summed E-state index contributed by atoms with van der Waals surface area (Å²) in [5.41, 5.74) is 8.14. The molecule has 6 heteroatoms. The second-order valence-corrected chi connectivity index (χ2v) is 6.55. The number of carbonyl (C=O) groups is 1. The zero-order valence-corrected chi connectivity index (χ0v) is 17.0. The fraction of sp³-hybridized carbons (Fsp3) is 0.556. The maximum atomic E-state index is 11.6. The topological polar surface area (TPSA) is 70.7 Å². The lowest BCUT2D eigenvalue weighted by atomic mass is 10.1. The van der Waals surface area contributed by atoms with Crippen LogP contribution in [0.4, 0.5) is 0 Å². The average Bonchev–Trinajstić information content (AvgIpc) is 2.91. The first kappa shape index (κ1) is 20.7. The minimum atomic E-state index is 0. The molecule has 0 spiro atoms. The van der Waals surface area contributed by atoms with Gasteiger partial charge in [-0.15, -0.1) is 24.0 Å². The monoisotopic (exact) mass is 444 g/mol. The normalized spacial score (nSPS) is 14.9. The fourth-order valence-electron chi connectivity index (χ4n) is 2.56. The zero-order chi connectivity index (χ0) is 16.7. The molecule has 1 aliphatic rings. The summed E-state index contributed by atoms with van der Waals surface area (Å²) in [6.07, 6.45) is 2.75. The number of amides is 1. The standard InChI is InChI=1S/C18H28N4O.HI/c1-14(2)9-10-20-18(19)21-12-15-5-7-16(8-6-15)13-22-11-3-4-17(22)23;/h5-8,14H,3-4,9-13H2,1-2H3,(H3,19,20,21);1H. The molecule has 1 amide bonds. The fourth-order valence-corrected chi connectivity index (χ4v) is 2.56. The van der Waals surface area contributed by atoms with E-state index in [0.29, 0.717) is 31.4 Å². The van der Waals surface area contributed by atoms with Crippen molar-refractivity contribution in [3.05, 3.63) is 35.4 Å². The summed E-state index contributed by atoms with van der Waals surface area (Å²) in [4.78, 5) is 17.9. The molecule has 2 rings (SSSR count). The van der Waals surface area contributed by atoms with E-state index >= 15 is 0 Å². The summed E-state index contributed by atoms with van der Waals surface area (Å²) in [6.45, 7) is 7.39. The summed E-state index contributed by atoms with van der Waals surface area (Å²) in [5.74, 6) is 1.42. The number of aliphatic imine (C=N–C) groups is 1. The van der Waals surface area contributed by atoms with Gasteiger partial charge in [0.1, 0.15) is 0 Å². The number of nitrogens with zero attached hydrogens (tertiary/aromatic N) is 2. The molecular weight excluding hydrogens is 415 g/mol. The van der Waals surface area contributed by atoms with Gasteiger partial charge in [0, 0.05) is 26.1 Å². The maximum absolute atomic E-state index is 11.6. The van der Waals surface area contributed by atoms with Crippen LogP contribution in [0.3, 0.4) is 0 Å². The van der Waals surface area contributed by atoms with Gasteiger partial charge in [0.2, 0.25) is 5.91 Å². The largest absolute Gasteiger partial charge is 0.370 e. The Morgan fingerprint density at radius 1 is 1.29 bits per heavy atom. The van der Waals surface area contributed by atoms with Crippen LogP contribution in [0.25, 0.3) is 0 Å². The predicted molar refractivity (Wildman–Crippen MR) is 109 cm³/mol. The SMILES string of the molecule is CC(C)CCNC(N)=NCc1ccc(CN2CCCC2=O)cc1.I. The van der Waals surface area contributed by atoms with Gasteiger partial charge < -0.3 is 16.0 Å². The van der Waals surface area contributed by atoms with Crippen molar-refractivity contribution < 1.29 is 4.79 Å². The lowest BCUT2D eigenvalue weighted by Crippen LogP contribution is -2.32. The van der Waals surface area contributed by atoms with Crippen molar-refractivity contribution >= 4 is 35.8 Å². The summed E-state index contributed by atoms with van der Waals surface area (Å²) < 4.78 is 0. The second-order valence-electron chi connectivity index (χ2n) is 6.55. The minimum absolute atomic E-state index is 0. The molecule has 5 nitrogen and oxygen atoms in total. The van der Waals surface area contributed by atoms with Crippen LogP contribution in [0.5, 0.6) is 0 Å². The van der Waals surface area contributed by atoms with Crippen molar-refractivity contribution in [1.29, 1.82) is 0 Å². The lowest BCUT2D eigenvalue weighted by Gasteiger charge is -2.15. The van der Waals surface area contributed by atoms with Gasteiger partial charge in [-0.2, -0.15) is 0 Å². The first-order valence-corrected chi connectivity index (χ1v) is 8.44. The summed E-state index contributed by atoms with van der Waals surface area (Å²) in [5, 5.41) is 3.13. The smallest absolute Gasteiger partial charge is 0.222 e. The molecule has 24 heavy (non-hydrogen) atoms. The Kier molecular flexibility index (Phi) is 9.10. The highest BCUT2D eigenvalue weighted by atomic mass is 127. The molecular formula is C18H29IN4O. The predicted octanol–water partition coefficient (Wildman–Crippen LogP) is 2.88. The van der Waals surface area contributed by atoms with E-state index in [0.717, 1.165) is 37.1 Å². The van der Waals surface area contributed by atoms with Crippen LogP contribution < -0.4 is 11.1 Å². The van der Waals surface area contributed by atoms with Crippen LogP contribution in [-0.2, 0) is 17.9 Å². The molecule has 0 aromatic heterocycles. The van der Waals surface area contributed by atoms with Gasteiger partial charge in [-0.3, -0.25) is 4.79 Å². The molecule has 0 unspecified atom stereocenters. The molecule has 3 N–H and O–H groups in total. The van der Waals surface area contributed by atoms with E-state index < -0.39 is 0 Å². The maximum Gasteiger partial charge on any atom is 0.222 e. The first-order valence-electron chi connectivity index (χ1n) is 8.44. The quantitative estimate of drug-likeness (QED) is 0.386. The molecule has 0 radical (unpaired) electrons. The van der Waals surface area contributed by atoms with Crippen LogP contribution in [0, 0.1) is 5.92 Å². The summed E-state index contributed by atoms with van der Waals surface area (Å²) in [7, 11) is 0. The van der Waals surface area contributed by atoms with E-state index in [1.807, 2.05) is 4.90 Å². The van der Waals surface area contributed by atoms with Gasteiger partial charge in [-0.05, 0) is 29.9 Å². The van der Waals surface area contributed by atoms with E-state index in [9.17, 15) is 4.79 Å². The van der Waals surface area contributed by atoms with E-state index in [1.54, 1.807) is 0 Å². The third-order valence-corrected chi connectivity index (χ3v) is 4.03. The van der Waals surface area contributed by atoms with Crippen LogP contribution in [-0.4, -0.2) is 29.9 Å². The number of hydrogen-bond donors (Lipinski definition) is 2. The summed E-state index contributed by atoms with van der Waals surface area (Å²) in [6, 6.07) is 8.25. The van der Waals surface area contributed by atoms with Crippen LogP contribution in [0.2, 0.25) is 0 Å². The van der Waals surface area contributed by atoms with Crippen molar-refractivity contribution in [3.8, 4) is 0 Å². The number of nitrogens with two attached hydrogens (primary N) is 1. The molecule has 0 atom stereocenters. The van der Waals surface area contributed by atoms with Crippen LogP contribution in [0.15, 0.2) is 29.3 Å². The lowest BCUT2D eigenvalue weighted by molar-refractivity contribution is -0.128. The molecule has 134 valence electrons. The Morgan fingerprint density at radius 3 is 2.54 bits per heavy atom. The number of likely N-dealkylation sites (tertiary alicyclic amines) is 1. The number of halogens is 1. The van der Waals surface area contributed by atoms with Crippen LogP contribution >= 0.6 is 24.0 Å². The third kappa shape index (κ3) is 7.07. The van der Waals surface area contributed by atoms with Crippen molar-refractivity contribution in [3.63, 3.8) is 0 Å². The summed E-state index contributed by atoms with van der Waals surface area (Å²) >= 11 is 0. The highest BCUT2D eigenvalue weighted by Gasteiger charge is 2.19. The number of nitrogens with one attached hydrogen (secondary N) is 1. The molecule has 1 aromatic carbocycles. The molecule has 1 aliphatic heterocycles. The Labute approximate surface area is 162 Å². The van der Waals surface area contributed by atoms with Gasteiger partial charge in [0.15, 0.2) is 5.96 Å². The van der Waals surface area contributed by atoms with E-state index in [2.05, 4.69) is 48.4 Å². The van der Waals surface area contributed by atoms with Crippen molar-refractivity contribution in [2.45, 2.75) is 46.2 Å². The van der Waals surface area contributed by atoms with Gasteiger partial charge in [0.25, 0.3) is 0 Å². The van der Waals surface area contributed by atoms with Crippen molar-refractivity contribution in [2.24, 2.45) is 16.6 Å². The number of rotatable bonds is 7. The third-order valence-electron chi connectivity index (χ3n) is 4.03. The Morgan fingerprint density at radius 2 is 1.96 bits per heavy atom. The number of hydrogen-bond acceptors (Lipinski definition) is 2. The van der Waals surface area contributed by atoms with Gasteiger partial charge in [-0.1, -0.05) is 38.1 Å². The molecule has 1 aromatic rings. The molecule has 0 bridgehead atoms. The van der Waals surface area contributed by atoms with Crippen molar-refractivity contribution in [2.75, 3.05) is 13.1 Å². The number of benzene rings is 1. The first-order chi connectivity index (χ1) is 11.0. The molecule has 0 saturated carbocycles. The van der Waals surface area contributed by atoms with Gasteiger partial charge >= 0.3 is 0 Å². The van der Waals surface area contributed by atoms with E-state index in [4.69, 9.17) is 5.73 Å². The second kappa shape index (κ2) is 10.5. The molecule has 0 aliphatic carbocycles. The zero-order valence-electron chi connectivity index (χ0n) is 14.6. The average molecular weight is 444 g/mol. The Hall–Kier alpha value is -1.31. The van der Waals surface area contributed by atoms with Crippen molar-refractivity contribution in [1.82, 2.24) is 10.2 Å². The van der Waals surface area contributed by atoms with E-state index in [1.165, 1.54) is 0 Å². The van der Waals surface area contributed by atoms with Crippen LogP contribution in [0.1, 0.15) is 44.2 Å². The minimum Gasteiger partial charge on any atom is -0.370 e. The highest BCUT2D eigenvalue weighted by Crippen LogP contribution is 2.15. The van der Waals surface area contributed by atoms with E-state index in [-0.39, 0.29) is 29.9 Å². The number of carbonyl (C=O) groups excluding carboxylic acids is 1. The molecule has 1 heterocycles. The number of guanidine groups is 1. The highest BCUT2D eigenvalue weighted by molar-refractivity contribution is 14.0. The van der Waals surface area contributed by atoms with Gasteiger partial charge in [0.05, 0.1) is 6.54 Å². The Balaban J connectivity index is 0.00000288. The molecule has 1 fully saturated rings. The Bertz CT molecular complexity index is 542. The molecule has 1 saturated heterocycles. The van der Waals surface area contributed by atoms with Gasteiger partial charge in [-0.25, -0.2) is 4.99 Å².